The molecule has 0 spiro atoms. The average molecular weight is 469 g/mol. The molecule has 0 bridgehead atoms. The number of pyridine rings is 1. The van der Waals surface area contributed by atoms with Crippen molar-refractivity contribution < 1.29 is 4.74 Å². The number of hydrogen-bond acceptors (Lipinski definition) is 3. The Hall–Kier alpha value is -3.64. The van der Waals surface area contributed by atoms with Gasteiger partial charge in [0, 0.05) is 35.5 Å². The molecule has 0 unspecified atom stereocenters. The fourth-order valence-corrected chi connectivity index (χ4v) is 4.93. The summed E-state index contributed by atoms with van der Waals surface area (Å²) in [6.07, 6.45) is 3.92. The van der Waals surface area contributed by atoms with Crippen LogP contribution in [-0.4, -0.2) is 21.8 Å². The van der Waals surface area contributed by atoms with Crippen molar-refractivity contribution in [2.45, 2.75) is 31.8 Å². The highest BCUT2D eigenvalue weighted by Gasteiger charge is 2.42. The minimum atomic E-state index is -0.0993. The van der Waals surface area contributed by atoms with Gasteiger partial charge in [0.25, 0.3) is 0 Å². The Morgan fingerprint density at radius 3 is 2.47 bits per heavy atom. The zero-order valence-corrected chi connectivity index (χ0v) is 20.4. The topological polar surface area (TPSA) is 42.3 Å². The molecule has 172 valence electrons. The molecule has 2 aromatic heterocycles. The average Bonchev–Trinajstić information content (AvgIpc) is 3.49. The third kappa shape index (κ3) is 4.05. The van der Waals surface area contributed by atoms with Crippen molar-refractivity contribution in [1.82, 2.24) is 14.9 Å². The summed E-state index contributed by atoms with van der Waals surface area (Å²) in [4.78, 5) is 6.89. The largest absolute Gasteiger partial charge is 0.497 e. The van der Waals surface area contributed by atoms with E-state index in [4.69, 9.17) is 17.0 Å². The van der Waals surface area contributed by atoms with Crippen LogP contribution in [0.5, 0.6) is 5.75 Å². The second kappa shape index (κ2) is 9.31. The van der Waals surface area contributed by atoms with Gasteiger partial charge in [-0.05, 0) is 72.2 Å². The summed E-state index contributed by atoms with van der Waals surface area (Å²) in [6.45, 7) is 4.41. The highest BCUT2D eigenvalue weighted by molar-refractivity contribution is 7.80. The maximum absolute atomic E-state index is 5.89. The lowest BCUT2D eigenvalue weighted by Crippen LogP contribution is -2.30. The number of rotatable bonds is 6. The Morgan fingerprint density at radius 1 is 0.941 bits per heavy atom. The Bertz CT molecular complexity index is 1280. The first-order valence-electron chi connectivity index (χ1n) is 11.5. The van der Waals surface area contributed by atoms with Crippen LogP contribution in [0.3, 0.4) is 0 Å². The number of nitrogens with zero attached hydrogens (tertiary/aromatic N) is 3. The molecule has 0 radical (unpaired) electrons. The van der Waals surface area contributed by atoms with Gasteiger partial charge in [-0.25, -0.2) is 0 Å². The summed E-state index contributed by atoms with van der Waals surface area (Å²) >= 11 is 5.89. The Morgan fingerprint density at radius 2 is 1.76 bits per heavy atom. The van der Waals surface area contributed by atoms with Crippen LogP contribution in [0.25, 0.3) is 5.69 Å². The Kier molecular flexibility index (Phi) is 6.07. The first-order chi connectivity index (χ1) is 16.6. The van der Waals surface area contributed by atoms with Crippen molar-refractivity contribution in [3.63, 3.8) is 0 Å². The van der Waals surface area contributed by atoms with E-state index in [1.807, 2.05) is 36.5 Å². The van der Waals surface area contributed by atoms with Crippen LogP contribution in [0, 0.1) is 0 Å². The van der Waals surface area contributed by atoms with Gasteiger partial charge >= 0.3 is 0 Å². The van der Waals surface area contributed by atoms with E-state index in [-0.39, 0.29) is 12.1 Å². The van der Waals surface area contributed by atoms with Gasteiger partial charge < -0.3 is 19.5 Å². The van der Waals surface area contributed by atoms with Crippen LogP contribution >= 0.6 is 12.2 Å². The van der Waals surface area contributed by atoms with E-state index in [9.17, 15) is 0 Å². The van der Waals surface area contributed by atoms with Crippen LogP contribution in [0.15, 0.2) is 91.3 Å². The molecule has 3 heterocycles. The number of hydrogen-bond donors (Lipinski definition) is 1. The number of benzene rings is 2. The molecule has 1 aliphatic heterocycles. The van der Waals surface area contributed by atoms with E-state index in [2.05, 4.69) is 88.3 Å². The third-order valence-electron chi connectivity index (χ3n) is 6.35. The lowest BCUT2D eigenvalue weighted by molar-refractivity contribution is 0.414. The van der Waals surface area contributed by atoms with Gasteiger partial charge in [0.15, 0.2) is 5.11 Å². The molecule has 5 rings (SSSR count). The predicted molar refractivity (Wildman–Crippen MR) is 141 cm³/mol. The molecular weight excluding hydrogens is 440 g/mol. The molecule has 1 saturated heterocycles. The van der Waals surface area contributed by atoms with Crippen LogP contribution < -0.4 is 15.0 Å². The monoisotopic (exact) mass is 468 g/mol. The van der Waals surface area contributed by atoms with Crippen LogP contribution in [0.4, 0.5) is 5.69 Å². The fourth-order valence-electron chi connectivity index (χ4n) is 4.58. The van der Waals surface area contributed by atoms with Gasteiger partial charge in [0.05, 0.1) is 18.8 Å². The Labute approximate surface area is 206 Å². The van der Waals surface area contributed by atoms with Crippen LogP contribution in [0.2, 0.25) is 0 Å². The van der Waals surface area contributed by atoms with Crippen LogP contribution in [0.1, 0.15) is 48.8 Å². The second-order valence-corrected chi connectivity index (χ2v) is 9.13. The number of anilines is 1. The fraction of sp³-hybridized carbons (Fsp3) is 0.214. The molecule has 1 fully saturated rings. The molecule has 4 aromatic rings. The zero-order chi connectivity index (χ0) is 23.7. The van der Waals surface area contributed by atoms with Crippen molar-refractivity contribution in [2.75, 3.05) is 12.0 Å². The first-order valence-corrected chi connectivity index (χ1v) is 11.9. The number of thiocarbonyl (C=S) groups is 1. The summed E-state index contributed by atoms with van der Waals surface area (Å²) in [7, 11) is 1.69. The number of nitrogens with one attached hydrogen (secondary N) is 1. The van der Waals surface area contributed by atoms with E-state index < -0.39 is 0 Å². The van der Waals surface area contributed by atoms with Crippen molar-refractivity contribution >= 4 is 23.0 Å². The lowest BCUT2D eigenvalue weighted by atomic mass is 9.99. The highest BCUT2D eigenvalue weighted by Crippen LogP contribution is 2.42. The predicted octanol–water partition coefficient (Wildman–Crippen LogP) is 6.18. The molecule has 2 atom stereocenters. The van der Waals surface area contributed by atoms with Gasteiger partial charge in [0.2, 0.25) is 0 Å². The van der Waals surface area contributed by atoms with Gasteiger partial charge in [-0.15, -0.1) is 0 Å². The summed E-state index contributed by atoms with van der Waals surface area (Å²) in [5, 5.41) is 4.24. The van der Waals surface area contributed by atoms with Crippen molar-refractivity contribution in [2.24, 2.45) is 0 Å². The van der Waals surface area contributed by atoms with E-state index in [0.717, 1.165) is 28.5 Å². The molecular formula is C28H28N4OS. The van der Waals surface area contributed by atoms with Crippen molar-refractivity contribution in [1.29, 1.82) is 0 Å². The van der Waals surface area contributed by atoms with Gasteiger partial charge in [0.1, 0.15) is 11.8 Å². The summed E-state index contributed by atoms with van der Waals surface area (Å²) < 4.78 is 7.68. The third-order valence-corrected chi connectivity index (χ3v) is 6.67. The zero-order valence-electron chi connectivity index (χ0n) is 19.6. The maximum atomic E-state index is 5.89. The number of ether oxygens (including phenoxy) is 1. The maximum Gasteiger partial charge on any atom is 0.174 e. The van der Waals surface area contributed by atoms with Gasteiger partial charge in [-0.3, -0.25) is 4.98 Å². The molecule has 34 heavy (non-hydrogen) atoms. The minimum absolute atomic E-state index is 0.0894. The standard InChI is InChI=1S/C28H28N4OS/c1-19(2)20-12-14-21(15-13-20)32-27(26(30-28(32)34)24-10-4-5-16-29-24)25-11-7-17-31(25)22-8-6-9-23(18-22)33-3/h4-19,26-27H,1-3H3,(H,30,34)/t26-,27+/m0/s1. The quantitative estimate of drug-likeness (QED) is 0.342. The van der Waals surface area contributed by atoms with E-state index in [1.165, 1.54) is 5.56 Å². The molecule has 0 amide bonds. The van der Waals surface area contributed by atoms with Gasteiger partial charge in [-0.2, -0.15) is 0 Å². The van der Waals surface area contributed by atoms with Gasteiger partial charge in [-0.1, -0.05) is 38.1 Å². The normalized spacial score (nSPS) is 17.8. The molecule has 6 heteroatoms. The SMILES string of the molecule is COc1cccc(-n2cccc2[C@@H]2[C@H](c3ccccn3)NC(=S)N2c2ccc(C(C)C)cc2)c1. The Balaban J connectivity index is 1.64. The second-order valence-electron chi connectivity index (χ2n) is 8.75. The van der Waals surface area contributed by atoms with Crippen LogP contribution in [-0.2, 0) is 0 Å². The summed E-state index contributed by atoms with van der Waals surface area (Å²) in [6, 6.07) is 26.9. The molecule has 0 saturated carbocycles. The number of methoxy groups -OCH3 is 1. The van der Waals surface area contributed by atoms with E-state index in [1.54, 1.807) is 7.11 Å². The molecule has 1 aliphatic rings. The molecule has 2 aromatic carbocycles. The summed E-state index contributed by atoms with van der Waals surface area (Å²) in [5.41, 5.74) is 5.47. The minimum Gasteiger partial charge on any atom is -0.497 e. The molecule has 0 aliphatic carbocycles. The molecule has 1 N–H and O–H groups in total. The molecule has 5 nitrogen and oxygen atoms in total. The first kappa shape index (κ1) is 22.2. The summed E-state index contributed by atoms with van der Waals surface area (Å²) in [5.74, 6) is 1.29. The van der Waals surface area contributed by atoms with Crippen molar-refractivity contribution in [3.05, 3.63) is 108 Å². The number of aromatic nitrogens is 2. The smallest absolute Gasteiger partial charge is 0.174 e. The van der Waals surface area contributed by atoms with E-state index >= 15 is 0 Å². The van der Waals surface area contributed by atoms with Crippen molar-refractivity contribution in [3.8, 4) is 11.4 Å². The highest BCUT2D eigenvalue weighted by atomic mass is 32.1. The van der Waals surface area contributed by atoms with E-state index in [0.29, 0.717) is 11.0 Å². The lowest BCUT2D eigenvalue weighted by Gasteiger charge is -2.29.